The molecule has 1 amide bonds. The van der Waals surface area contributed by atoms with Gasteiger partial charge in [0.05, 0.1) is 5.69 Å². The SMILES string of the molecule is CNC(=O)c1ccc(C2CC2c2cc(-c3nc4nc(C)cc(C)n4n3)n(C)n2)cn1. The Morgan fingerprint density at radius 2 is 1.97 bits per heavy atom. The predicted molar refractivity (Wildman–Crippen MR) is 110 cm³/mol. The number of fused-ring (bicyclic) bond motifs is 1. The minimum Gasteiger partial charge on any atom is -0.354 e. The summed E-state index contributed by atoms with van der Waals surface area (Å²) < 4.78 is 3.59. The maximum Gasteiger partial charge on any atom is 0.269 e. The van der Waals surface area contributed by atoms with Crippen molar-refractivity contribution < 1.29 is 4.79 Å². The number of amides is 1. The normalized spacial score (nSPS) is 18.0. The molecule has 0 saturated heterocycles. The van der Waals surface area contributed by atoms with Gasteiger partial charge in [0, 0.05) is 37.6 Å². The largest absolute Gasteiger partial charge is 0.354 e. The van der Waals surface area contributed by atoms with Crippen LogP contribution in [0.4, 0.5) is 0 Å². The number of carbonyl (C=O) groups is 1. The number of aromatic nitrogens is 7. The molecule has 9 nitrogen and oxygen atoms in total. The van der Waals surface area contributed by atoms with E-state index in [0.29, 0.717) is 29.1 Å². The van der Waals surface area contributed by atoms with Crippen molar-refractivity contribution in [1.82, 2.24) is 39.7 Å². The summed E-state index contributed by atoms with van der Waals surface area (Å²) in [5, 5.41) is 11.9. The fraction of sp³-hybridized carbons (Fsp3) is 0.333. The lowest BCUT2D eigenvalue weighted by molar-refractivity contribution is 0.0958. The summed E-state index contributed by atoms with van der Waals surface area (Å²) in [5.41, 5.74) is 5.35. The first-order chi connectivity index (χ1) is 14.4. The molecule has 9 heteroatoms. The molecule has 0 spiro atoms. The Bertz CT molecular complexity index is 1270. The molecule has 1 N–H and O–H groups in total. The third kappa shape index (κ3) is 3.02. The first-order valence-corrected chi connectivity index (χ1v) is 9.88. The summed E-state index contributed by atoms with van der Waals surface area (Å²) in [6.45, 7) is 3.94. The monoisotopic (exact) mass is 402 g/mol. The zero-order valence-electron chi connectivity index (χ0n) is 17.3. The molecule has 2 atom stereocenters. The van der Waals surface area contributed by atoms with Crippen molar-refractivity contribution in [2.24, 2.45) is 7.05 Å². The van der Waals surface area contributed by atoms with Crippen molar-refractivity contribution in [3.8, 4) is 11.5 Å². The summed E-state index contributed by atoms with van der Waals surface area (Å²) >= 11 is 0. The van der Waals surface area contributed by atoms with Crippen molar-refractivity contribution in [2.75, 3.05) is 7.05 Å². The Hall–Kier alpha value is -3.62. The fourth-order valence-corrected chi connectivity index (χ4v) is 3.93. The van der Waals surface area contributed by atoms with Crippen LogP contribution in [-0.2, 0) is 7.05 Å². The Morgan fingerprint density at radius 3 is 2.70 bits per heavy atom. The summed E-state index contributed by atoms with van der Waals surface area (Å²) in [4.78, 5) is 25.0. The van der Waals surface area contributed by atoms with E-state index in [1.165, 1.54) is 0 Å². The lowest BCUT2D eigenvalue weighted by Gasteiger charge is -2.01. The van der Waals surface area contributed by atoms with E-state index in [1.54, 1.807) is 23.8 Å². The van der Waals surface area contributed by atoms with Crippen molar-refractivity contribution in [1.29, 1.82) is 0 Å². The van der Waals surface area contributed by atoms with Crippen molar-refractivity contribution in [3.05, 3.63) is 58.8 Å². The predicted octanol–water partition coefficient (Wildman–Crippen LogP) is 2.17. The van der Waals surface area contributed by atoms with Gasteiger partial charge in [0.1, 0.15) is 11.4 Å². The Balaban J connectivity index is 1.40. The van der Waals surface area contributed by atoms with Gasteiger partial charge in [-0.15, -0.1) is 5.10 Å². The number of aryl methyl sites for hydroxylation is 3. The number of rotatable bonds is 4. The fourth-order valence-electron chi connectivity index (χ4n) is 3.93. The van der Waals surface area contributed by atoms with E-state index >= 15 is 0 Å². The van der Waals surface area contributed by atoms with Crippen LogP contribution in [-0.4, -0.2) is 47.3 Å². The molecule has 1 fully saturated rings. The van der Waals surface area contributed by atoms with Crippen molar-refractivity contribution >= 4 is 11.7 Å². The highest BCUT2D eigenvalue weighted by Crippen LogP contribution is 2.54. The van der Waals surface area contributed by atoms with Crippen molar-refractivity contribution in [3.63, 3.8) is 0 Å². The molecule has 0 aromatic carbocycles. The molecular weight excluding hydrogens is 380 g/mol. The topological polar surface area (TPSA) is 103 Å². The zero-order chi connectivity index (χ0) is 21.0. The first kappa shape index (κ1) is 18.4. The van der Waals surface area contributed by atoms with Gasteiger partial charge >= 0.3 is 0 Å². The van der Waals surface area contributed by atoms with Gasteiger partial charge in [-0.05, 0) is 49.9 Å². The van der Waals surface area contributed by atoms with Crippen LogP contribution < -0.4 is 5.32 Å². The van der Waals surface area contributed by atoms with Crippen LogP contribution in [0.15, 0.2) is 30.5 Å². The quantitative estimate of drug-likeness (QED) is 0.561. The molecule has 4 heterocycles. The number of carbonyl (C=O) groups excluding carboxylic acids is 1. The lowest BCUT2D eigenvalue weighted by Crippen LogP contribution is -2.19. The molecule has 0 radical (unpaired) electrons. The molecule has 0 bridgehead atoms. The third-order valence-corrected chi connectivity index (χ3v) is 5.59. The van der Waals surface area contributed by atoms with E-state index in [9.17, 15) is 4.79 Å². The molecule has 1 aliphatic carbocycles. The summed E-state index contributed by atoms with van der Waals surface area (Å²) in [7, 11) is 3.51. The van der Waals surface area contributed by atoms with E-state index in [0.717, 1.165) is 34.8 Å². The second-order valence-electron chi connectivity index (χ2n) is 7.77. The molecule has 0 aliphatic heterocycles. The number of pyridine rings is 1. The first-order valence-electron chi connectivity index (χ1n) is 9.88. The molecule has 152 valence electrons. The maximum atomic E-state index is 11.7. The van der Waals surface area contributed by atoms with Gasteiger partial charge < -0.3 is 5.32 Å². The average Bonchev–Trinajstić information content (AvgIpc) is 3.27. The number of hydrogen-bond donors (Lipinski definition) is 1. The van der Waals surface area contributed by atoms with Crippen LogP contribution in [0.1, 0.15) is 51.4 Å². The van der Waals surface area contributed by atoms with Gasteiger partial charge in [-0.2, -0.15) is 10.1 Å². The third-order valence-electron chi connectivity index (χ3n) is 5.59. The van der Waals surface area contributed by atoms with Crippen molar-refractivity contribution in [2.45, 2.75) is 32.1 Å². The summed E-state index contributed by atoms with van der Waals surface area (Å²) in [5.74, 6) is 1.72. The van der Waals surface area contributed by atoms with Crippen LogP contribution in [0.2, 0.25) is 0 Å². The molecule has 4 aromatic rings. The zero-order valence-corrected chi connectivity index (χ0v) is 17.3. The molecular formula is C21H22N8O. The maximum absolute atomic E-state index is 11.7. The molecule has 4 aromatic heterocycles. The standard InChI is InChI=1S/C21H22N8O/c1-11-7-12(2)29-21(24-11)25-19(27-29)18-9-17(26-28(18)4)15-8-14(15)13-5-6-16(23-10-13)20(30)22-3/h5-7,9-10,14-15H,8H2,1-4H3,(H,22,30). The van der Waals surface area contributed by atoms with Crippen LogP contribution in [0.5, 0.6) is 0 Å². The van der Waals surface area contributed by atoms with Crippen LogP contribution in [0, 0.1) is 13.8 Å². The van der Waals surface area contributed by atoms with Gasteiger partial charge in [0.25, 0.3) is 11.7 Å². The lowest BCUT2D eigenvalue weighted by atomic mass is 10.1. The average molecular weight is 402 g/mol. The van der Waals surface area contributed by atoms with E-state index in [-0.39, 0.29) is 5.91 Å². The van der Waals surface area contributed by atoms with Gasteiger partial charge in [-0.3, -0.25) is 14.5 Å². The van der Waals surface area contributed by atoms with Gasteiger partial charge in [0.15, 0.2) is 0 Å². The van der Waals surface area contributed by atoms with Gasteiger partial charge in [-0.25, -0.2) is 9.50 Å². The Kier molecular flexibility index (Phi) is 4.12. The highest BCUT2D eigenvalue weighted by Gasteiger charge is 2.42. The molecule has 2 unspecified atom stereocenters. The minimum atomic E-state index is -0.178. The van der Waals surface area contributed by atoms with Crippen LogP contribution >= 0.6 is 0 Å². The smallest absolute Gasteiger partial charge is 0.269 e. The molecule has 5 rings (SSSR count). The van der Waals surface area contributed by atoms with Crippen LogP contribution in [0.25, 0.3) is 17.3 Å². The number of nitrogens with one attached hydrogen (secondary N) is 1. The van der Waals surface area contributed by atoms with E-state index in [4.69, 9.17) is 5.10 Å². The Labute approximate surface area is 173 Å². The number of hydrogen-bond acceptors (Lipinski definition) is 6. The Morgan fingerprint density at radius 1 is 1.13 bits per heavy atom. The minimum absolute atomic E-state index is 0.178. The van der Waals surface area contributed by atoms with E-state index < -0.39 is 0 Å². The second kappa shape index (κ2) is 6.72. The molecule has 30 heavy (non-hydrogen) atoms. The highest BCUT2D eigenvalue weighted by molar-refractivity contribution is 5.91. The van der Waals surface area contributed by atoms with E-state index in [2.05, 4.69) is 31.4 Å². The summed E-state index contributed by atoms with van der Waals surface area (Å²) in [6.07, 6.45) is 2.80. The van der Waals surface area contributed by atoms with Gasteiger partial charge in [0.2, 0.25) is 5.82 Å². The second-order valence-corrected chi connectivity index (χ2v) is 7.77. The number of nitrogens with zero attached hydrogens (tertiary/aromatic N) is 7. The summed E-state index contributed by atoms with van der Waals surface area (Å²) in [6, 6.07) is 7.80. The highest BCUT2D eigenvalue weighted by atomic mass is 16.1. The molecule has 1 aliphatic rings. The molecule has 1 saturated carbocycles. The van der Waals surface area contributed by atoms with E-state index in [1.807, 2.05) is 37.7 Å². The van der Waals surface area contributed by atoms with Gasteiger partial charge in [-0.1, -0.05) is 6.07 Å². The van der Waals surface area contributed by atoms with Crippen LogP contribution in [0.3, 0.4) is 0 Å².